The fourth-order valence-electron chi connectivity index (χ4n) is 2.12. The second kappa shape index (κ2) is 5.38. The van der Waals surface area contributed by atoms with Gasteiger partial charge in [0.05, 0.1) is 5.92 Å². The van der Waals surface area contributed by atoms with Crippen LogP contribution in [0.3, 0.4) is 0 Å². The zero-order valence-corrected chi connectivity index (χ0v) is 11.8. The highest BCUT2D eigenvalue weighted by Gasteiger charge is 2.33. The number of amides is 1. The summed E-state index contributed by atoms with van der Waals surface area (Å²) in [5, 5.41) is 4.33. The van der Waals surface area contributed by atoms with Crippen molar-refractivity contribution in [2.45, 2.75) is 17.1 Å². The Morgan fingerprint density at radius 2 is 2.33 bits per heavy atom. The van der Waals surface area contributed by atoms with Gasteiger partial charge in [-0.05, 0) is 24.3 Å². The Bertz CT molecular complexity index is 510. The van der Waals surface area contributed by atoms with E-state index in [2.05, 4.69) is 5.32 Å². The van der Waals surface area contributed by atoms with E-state index in [9.17, 15) is 13.2 Å². The number of thiophene rings is 1. The number of carbonyl (C=O) groups excluding carboxylic acids is 1. The fourth-order valence-corrected chi connectivity index (χ4v) is 4.78. The van der Waals surface area contributed by atoms with E-state index in [4.69, 9.17) is 0 Å². The van der Waals surface area contributed by atoms with E-state index in [0.29, 0.717) is 10.8 Å². The fraction of sp³-hybridized carbons (Fsp3) is 0.545. The molecule has 2 rings (SSSR count). The van der Waals surface area contributed by atoms with Crippen molar-refractivity contribution in [1.82, 2.24) is 9.62 Å². The number of piperidine rings is 1. The normalized spacial score (nSPS) is 21.7. The van der Waals surface area contributed by atoms with Crippen molar-refractivity contribution >= 4 is 27.3 Å². The van der Waals surface area contributed by atoms with Crippen LogP contribution in [0.5, 0.6) is 0 Å². The van der Waals surface area contributed by atoms with E-state index in [1.54, 1.807) is 24.6 Å². The number of nitrogens with one attached hydrogen (secondary N) is 1. The molecule has 1 N–H and O–H groups in total. The van der Waals surface area contributed by atoms with Crippen LogP contribution in [-0.4, -0.2) is 38.8 Å². The van der Waals surface area contributed by atoms with Crippen molar-refractivity contribution in [1.29, 1.82) is 0 Å². The molecule has 0 radical (unpaired) electrons. The summed E-state index contributed by atoms with van der Waals surface area (Å²) < 4.78 is 26.4. The molecular weight excluding hydrogens is 272 g/mol. The summed E-state index contributed by atoms with van der Waals surface area (Å²) in [6.45, 7) is 0.771. The van der Waals surface area contributed by atoms with E-state index in [1.165, 1.54) is 15.6 Å². The van der Waals surface area contributed by atoms with Gasteiger partial charge in [-0.2, -0.15) is 4.31 Å². The molecule has 0 unspecified atom stereocenters. The maximum atomic E-state index is 12.3. The van der Waals surface area contributed by atoms with Crippen molar-refractivity contribution in [3.8, 4) is 0 Å². The first kappa shape index (κ1) is 13.5. The lowest BCUT2D eigenvalue weighted by atomic mass is 9.99. The Morgan fingerprint density at radius 1 is 1.56 bits per heavy atom. The number of nitrogens with zero attached hydrogens (tertiary/aromatic N) is 1. The van der Waals surface area contributed by atoms with Gasteiger partial charge >= 0.3 is 0 Å². The third-order valence-electron chi connectivity index (χ3n) is 3.09. The Morgan fingerprint density at radius 3 is 2.94 bits per heavy atom. The molecule has 1 fully saturated rings. The average Bonchev–Trinajstić information content (AvgIpc) is 2.92. The predicted octanol–water partition coefficient (Wildman–Crippen LogP) is 0.895. The standard InChI is InChI=1S/C11H16N2O3S2/c1-12-11(14)9-4-2-6-13(8-9)18(15,16)10-5-3-7-17-10/h3,5,7,9H,2,4,6,8H2,1H3,(H,12,14)/t9-/m1/s1. The van der Waals surface area contributed by atoms with Gasteiger partial charge in [0.1, 0.15) is 4.21 Å². The molecule has 0 aromatic carbocycles. The minimum absolute atomic E-state index is 0.0823. The molecule has 0 bridgehead atoms. The second-order valence-corrected chi connectivity index (χ2v) is 7.36. The van der Waals surface area contributed by atoms with Crippen LogP contribution in [0.2, 0.25) is 0 Å². The van der Waals surface area contributed by atoms with Crippen LogP contribution in [-0.2, 0) is 14.8 Å². The molecule has 0 saturated carbocycles. The summed E-state index contributed by atoms with van der Waals surface area (Å²) >= 11 is 1.21. The van der Waals surface area contributed by atoms with Gasteiger partial charge in [0.2, 0.25) is 5.91 Å². The third kappa shape index (κ3) is 2.57. The molecule has 7 heteroatoms. The summed E-state index contributed by atoms with van der Waals surface area (Å²) in [5.41, 5.74) is 0. The molecule has 18 heavy (non-hydrogen) atoms. The van der Waals surface area contributed by atoms with Crippen molar-refractivity contribution in [2.24, 2.45) is 5.92 Å². The predicted molar refractivity (Wildman–Crippen MR) is 69.9 cm³/mol. The third-order valence-corrected chi connectivity index (χ3v) is 6.33. The van der Waals surface area contributed by atoms with E-state index >= 15 is 0 Å². The molecule has 1 aliphatic heterocycles. The highest BCUT2D eigenvalue weighted by molar-refractivity contribution is 7.91. The van der Waals surface area contributed by atoms with Crippen molar-refractivity contribution < 1.29 is 13.2 Å². The summed E-state index contributed by atoms with van der Waals surface area (Å²) in [6.07, 6.45) is 1.47. The monoisotopic (exact) mass is 288 g/mol. The van der Waals surface area contributed by atoms with E-state index < -0.39 is 10.0 Å². The summed E-state index contributed by atoms with van der Waals surface area (Å²) in [7, 11) is -1.84. The van der Waals surface area contributed by atoms with E-state index in [1.807, 2.05) is 0 Å². The molecule has 2 heterocycles. The van der Waals surface area contributed by atoms with Crippen LogP contribution in [0.25, 0.3) is 0 Å². The van der Waals surface area contributed by atoms with E-state index in [0.717, 1.165) is 12.8 Å². The van der Waals surface area contributed by atoms with Crippen molar-refractivity contribution in [2.75, 3.05) is 20.1 Å². The zero-order chi connectivity index (χ0) is 13.2. The SMILES string of the molecule is CNC(=O)[C@@H]1CCCN(S(=O)(=O)c2cccs2)C1. The molecule has 1 aromatic rings. The molecule has 0 aliphatic carbocycles. The first-order valence-electron chi connectivity index (χ1n) is 5.81. The quantitative estimate of drug-likeness (QED) is 0.898. The van der Waals surface area contributed by atoms with Crippen molar-refractivity contribution in [3.63, 3.8) is 0 Å². The average molecular weight is 288 g/mol. The first-order chi connectivity index (χ1) is 8.55. The smallest absolute Gasteiger partial charge is 0.252 e. The number of hydrogen-bond acceptors (Lipinski definition) is 4. The lowest BCUT2D eigenvalue weighted by Gasteiger charge is -2.30. The molecule has 1 amide bonds. The Kier molecular flexibility index (Phi) is 4.04. The molecule has 1 saturated heterocycles. The zero-order valence-electron chi connectivity index (χ0n) is 10.1. The van der Waals surface area contributed by atoms with Crippen LogP contribution < -0.4 is 5.32 Å². The lowest BCUT2D eigenvalue weighted by Crippen LogP contribution is -2.44. The van der Waals surface area contributed by atoms with Gasteiger partial charge in [-0.25, -0.2) is 8.42 Å². The second-order valence-electron chi connectivity index (χ2n) is 4.25. The largest absolute Gasteiger partial charge is 0.359 e. The Hall–Kier alpha value is -0.920. The minimum Gasteiger partial charge on any atom is -0.359 e. The maximum Gasteiger partial charge on any atom is 0.252 e. The van der Waals surface area contributed by atoms with Crippen LogP contribution in [0.1, 0.15) is 12.8 Å². The maximum absolute atomic E-state index is 12.3. The number of carbonyl (C=O) groups is 1. The number of sulfonamides is 1. The molecule has 0 spiro atoms. The lowest BCUT2D eigenvalue weighted by molar-refractivity contribution is -0.125. The van der Waals surface area contributed by atoms with Gasteiger partial charge in [0.15, 0.2) is 0 Å². The van der Waals surface area contributed by atoms with Gasteiger partial charge < -0.3 is 5.32 Å². The molecular formula is C11H16N2O3S2. The van der Waals surface area contributed by atoms with Gasteiger partial charge in [0, 0.05) is 20.1 Å². The Labute approximate surface area is 111 Å². The topological polar surface area (TPSA) is 66.5 Å². The summed E-state index contributed by atoms with van der Waals surface area (Å²) in [6, 6.07) is 3.32. The Balaban J connectivity index is 2.17. The highest BCUT2D eigenvalue weighted by Crippen LogP contribution is 2.26. The van der Waals surface area contributed by atoms with Crippen LogP contribution >= 0.6 is 11.3 Å². The van der Waals surface area contributed by atoms with Crippen LogP contribution in [0.15, 0.2) is 21.7 Å². The molecule has 100 valence electrons. The number of rotatable bonds is 3. The summed E-state index contributed by atoms with van der Waals surface area (Å²) in [5.74, 6) is -0.320. The van der Waals surface area contributed by atoms with Crippen LogP contribution in [0, 0.1) is 5.92 Å². The highest BCUT2D eigenvalue weighted by atomic mass is 32.2. The molecule has 1 atom stereocenters. The van der Waals surface area contributed by atoms with E-state index in [-0.39, 0.29) is 18.4 Å². The molecule has 1 aromatic heterocycles. The van der Waals surface area contributed by atoms with Crippen molar-refractivity contribution in [3.05, 3.63) is 17.5 Å². The summed E-state index contributed by atoms with van der Waals surface area (Å²) in [4.78, 5) is 11.6. The minimum atomic E-state index is -3.42. The first-order valence-corrected chi connectivity index (χ1v) is 8.13. The van der Waals surface area contributed by atoms with Gasteiger partial charge in [0.25, 0.3) is 10.0 Å². The van der Waals surface area contributed by atoms with Gasteiger partial charge in [-0.15, -0.1) is 11.3 Å². The number of hydrogen-bond donors (Lipinski definition) is 1. The molecule has 5 nitrogen and oxygen atoms in total. The van der Waals surface area contributed by atoms with Crippen LogP contribution in [0.4, 0.5) is 0 Å². The molecule has 1 aliphatic rings. The van der Waals surface area contributed by atoms with Gasteiger partial charge in [-0.1, -0.05) is 6.07 Å². The van der Waals surface area contributed by atoms with Gasteiger partial charge in [-0.3, -0.25) is 4.79 Å².